The molecule has 2 N–H and O–H groups in total. The number of ether oxygens (including phenoxy) is 1. The van der Waals surface area contributed by atoms with Crippen molar-refractivity contribution in [1.29, 1.82) is 0 Å². The lowest BCUT2D eigenvalue weighted by Gasteiger charge is -2.13. The maximum Gasteiger partial charge on any atom is 0.573 e. The molecular formula is C22H12BrF5N2O2. The Kier molecular flexibility index (Phi) is 5.41. The minimum Gasteiger partial charge on any atom is -0.406 e. The van der Waals surface area contributed by atoms with Crippen molar-refractivity contribution in [3.8, 4) is 22.6 Å². The lowest BCUT2D eigenvalue weighted by Crippen LogP contribution is -2.17. The van der Waals surface area contributed by atoms with Crippen molar-refractivity contribution < 1.29 is 31.5 Å². The Balaban J connectivity index is 1.91. The molecule has 0 saturated carbocycles. The number of aromatic nitrogens is 1. The Labute approximate surface area is 186 Å². The molecule has 164 valence electrons. The average molecular weight is 511 g/mol. The number of nitrogens with zero attached hydrogens (tertiary/aromatic N) is 1. The van der Waals surface area contributed by atoms with Crippen LogP contribution in [0.4, 0.5) is 22.0 Å². The van der Waals surface area contributed by atoms with Gasteiger partial charge in [-0.1, -0.05) is 15.9 Å². The second-order valence-electron chi connectivity index (χ2n) is 6.82. The van der Waals surface area contributed by atoms with Gasteiger partial charge in [0.1, 0.15) is 23.1 Å². The van der Waals surface area contributed by atoms with Gasteiger partial charge in [-0.05, 0) is 60.2 Å². The molecule has 32 heavy (non-hydrogen) atoms. The summed E-state index contributed by atoms with van der Waals surface area (Å²) in [6.45, 7) is 0. The van der Waals surface area contributed by atoms with Crippen molar-refractivity contribution in [3.05, 3.63) is 82.5 Å². The number of halogens is 6. The Morgan fingerprint density at radius 3 is 2.38 bits per heavy atom. The minimum absolute atomic E-state index is 0.00668. The molecule has 4 aromatic rings. The molecule has 0 fully saturated rings. The Hall–Kier alpha value is -3.40. The van der Waals surface area contributed by atoms with Gasteiger partial charge in [0.2, 0.25) is 0 Å². The van der Waals surface area contributed by atoms with Gasteiger partial charge in [-0.3, -0.25) is 4.79 Å². The summed E-state index contributed by atoms with van der Waals surface area (Å²) in [6.07, 6.45) is -4.87. The van der Waals surface area contributed by atoms with Crippen molar-refractivity contribution >= 4 is 32.7 Å². The fourth-order valence-electron chi connectivity index (χ4n) is 3.43. The van der Waals surface area contributed by atoms with E-state index < -0.39 is 29.7 Å². The molecule has 0 atom stereocenters. The topological polar surface area (TPSA) is 57.3 Å². The molecule has 1 amide bonds. The van der Waals surface area contributed by atoms with Gasteiger partial charge in [-0.2, -0.15) is 0 Å². The fraction of sp³-hybridized carbons (Fsp3) is 0.0455. The van der Waals surface area contributed by atoms with Crippen molar-refractivity contribution in [3.63, 3.8) is 0 Å². The first-order chi connectivity index (χ1) is 15.0. The van der Waals surface area contributed by atoms with Gasteiger partial charge in [-0.25, -0.2) is 8.78 Å². The van der Waals surface area contributed by atoms with E-state index in [0.717, 1.165) is 24.3 Å². The van der Waals surface area contributed by atoms with Crippen LogP contribution in [-0.2, 0) is 0 Å². The number of nitrogens with two attached hydrogens (primary N) is 1. The summed E-state index contributed by atoms with van der Waals surface area (Å²) < 4.78 is 71.2. The molecule has 0 spiro atoms. The van der Waals surface area contributed by atoms with Crippen LogP contribution in [0.3, 0.4) is 0 Å². The van der Waals surface area contributed by atoms with Crippen LogP contribution >= 0.6 is 15.9 Å². The van der Waals surface area contributed by atoms with Crippen LogP contribution in [-0.4, -0.2) is 16.8 Å². The number of amides is 1. The third kappa shape index (κ3) is 4.31. The van der Waals surface area contributed by atoms with Gasteiger partial charge in [0.25, 0.3) is 5.91 Å². The number of hydrogen-bond acceptors (Lipinski definition) is 2. The maximum absolute atomic E-state index is 14.3. The Bertz CT molecular complexity index is 1360. The van der Waals surface area contributed by atoms with E-state index in [-0.39, 0.29) is 16.6 Å². The quantitative estimate of drug-likeness (QED) is 0.326. The van der Waals surface area contributed by atoms with Gasteiger partial charge >= 0.3 is 6.36 Å². The number of alkyl halides is 3. The zero-order valence-corrected chi connectivity index (χ0v) is 17.5. The summed E-state index contributed by atoms with van der Waals surface area (Å²) >= 11 is 3.33. The molecule has 0 aliphatic carbocycles. The molecule has 0 bridgehead atoms. The monoisotopic (exact) mass is 510 g/mol. The molecule has 3 aromatic carbocycles. The number of hydrogen-bond donors (Lipinski definition) is 1. The van der Waals surface area contributed by atoms with Gasteiger partial charge in [0.05, 0.1) is 5.52 Å². The van der Waals surface area contributed by atoms with Crippen molar-refractivity contribution in [2.75, 3.05) is 0 Å². The van der Waals surface area contributed by atoms with Crippen LogP contribution in [0.2, 0.25) is 0 Å². The molecule has 0 aliphatic rings. The number of carbonyl (C=O) groups is 1. The molecule has 4 nitrogen and oxygen atoms in total. The second-order valence-corrected chi connectivity index (χ2v) is 7.74. The molecule has 0 aliphatic heterocycles. The maximum atomic E-state index is 14.3. The Morgan fingerprint density at radius 1 is 0.969 bits per heavy atom. The molecule has 0 radical (unpaired) electrons. The summed E-state index contributed by atoms with van der Waals surface area (Å²) in [5.41, 5.74) is 6.74. The van der Waals surface area contributed by atoms with Gasteiger partial charge < -0.3 is 15.0 Å². The molecule has 0 unspecified atom stereocenters. The number of primary amides is 1. The Morgan fingerprint density at radius 2 is 1.72 bits per heavy atom. The van der Waals surface area contributed by atoms with Crippen LogP contribution < -0.4 is 10.5 Å². The highest BCUT2D eigenvalue weighted by Crippen LogP contribution is 2.34. The van der Waals surface area contributed by atoms with Gasteiger partial charge in [-0.15, -0.1) is 13.2 Å². The third-order valence-corrected chi connectivity index (χ3v) is 5.10. The van der Waals surface area contributed by atoms with Crippen molar-refractivity contribution in [2.24, 2.45) is 5.73 Å². The molecule has 1 heterocycles. The van der Waals surface area contributed by atoms with E-state index >= 15 is 0 Å². The van der Waals surface area contributed by atoms with E-state index in [1.807, 2.05) is 0 Å². The van der Waals surface area contributed by atoms with E-state index in [4.69, 9.17) is 5.73 Å². The predicted molar refractivity (Wildman–Crippen MR) is 112 cm³/mol. The highest BCUT2D eigenvalue weighted by molar-refractivity contribution is 9.10. The molecule has 4 rings (SSSR count). The zero-order chi connectivity index (χ0) is 23.2. The molecular weight excluding hydrogens is 499 g/mol. The first-order valence-corrected chi connectivity index (χ1v) is 9.78. The van der Waals surface area contributed by atoms with E-state index in [1.54, 1.807) is 18.2 Å². The number of rotatable bonds is 4. The number of fused-ring (bicyclic) bond motifs is 1. The fourth-order valence-corrected chi connectivity index (χ4v) is 3.91. The van der Waals surface area contributed by atoms with Crippen molar-refractivity contribution in [1.82, 2.24) is 4.57 Å². The number of carbonyl (C=O) groups excluding carboxylic acids is 1. The lowest BCUT2D eigenvalue weighted by atomic mass is 10.0. The largest absolute Gasteiger partial charge is 0.573 e. The van der Waals surface area contributed by atoms with Crippen LogP contribution in [0.1, 0.15) is 10.5 Å². The summed E-state index contributed by atoms with van der Waals surface area (Å²) in [5.74, 6) is -2.79. The summed E-state index contributed by atoms with van der Waals surface area (Å²) in [5, 5.41) is 0.273. The van der Waals surface area contributed by atoms with E-state index in [2.05, 4.69) is 20.7 Å². The zero-order valence-electron chi connectivity index (χ0n) is 15.9. The normalized spacial score (nSPS) is 11.7. The van der Waals surface area contributed by atoms with Crippen LogP contribution in [0.25, 0.3) is 27.7 Å². The summed E-state index contributed by atoms with van der Waals surface area (Å²) in [4.78, 5) is 12.1. The first kappa shape index (κ1) is 21.8. The van der Waals surface area contributed by atoms with Crippen LogP contribution in [0.5, 0.6) is 5.75 Å². The second kappa shape index (κ2) is 7.94. The van der Waals surface area contributed by atoms with Gasteiger partial charge in [0.15, 0.2) is 0 Å². The van der Waals surface area contributed by atoms with Gasteiger partial charge in [0, 0.05) is 27.2 Å². The van der Waals surface area contributed by atoms with Crippen LogP contribution in [0, 0.1) is 11.6 Å². The first-order valence-electron chi connectivity index (χ1n) is 8.99. The molecule has 10 heteroatoms. The lowest BCUT2D eigenvalue weighted by molar-refractivity contribution is -0.274. The van der Waals surface area contributed by atoms with E-state index in [1.165, 1.54) is 22.8 Å². The van der Waals surface area contributed by atoms with Crippen molar-refractivity contribution in [2.45, 2.75) is 6.36 Å². The highest BCUT2D eigenvalue weighted by atomic mass is 79.9. The smallest absolute Gasteiger partial charge is 0.406 e. The summed E-state index contributed by atoms with van der Waals surface area (Å²) in [7, 11) is 0. The van der Waals surface area contributed by atoms with E-state index in [9.17, 15) is 26.7 Å². The minimum atomic E-state index is -4.87. The van der Waals surface area contributed by atoms with Crippen LogP contribution in [0.15, 0.2) is 65.1 Å². The average Bonchev–Trinajstić information content (AvgIpc) is 3.05. The van der Waals surface area contributed by atoms with E-state index in [0.29, 0.717) is 21.2 Å². The SMILES string of the molecule is NC(=O)c1cc2cc(OC(F)(F)F)ccc2n1-c1cc(Br)cc(-c2ccc(F)cc2F)c1. The predicted octanol–water partition coefficient (Wildman–Crippen LogP) is 6.34. The summed E-state index contributed by atoms with van der Waals surface area (Å²) in [6, 6.07) is 12.8. The number of benzene rings is 3. The third-order valence-electron chi connectivity index (χ3n) is 4.64. The highest BCUT2D eigenvalue weighted by Gasteiger charge is 2.31. The molecule has 0 saturated heterocycles. The standard InChI is InChI=1S/C22H12BrF5N2O2/c23-13-5-11(17-3-1-14(24)10-18(17)25)6-15(9-13)30-19-4-2-16(32-22(26,27)28)7-12(19)8-20(30)21(29)31/h1-10H,(H2,29,31). The molecule has 1 aromatic heterocycles.